The summed E-state index contributed by atoms with van der Waals surface area (Å²) in [6.07, 6.45) is -3.88. The Morgan fingerprint density at radius 1 is 1.17 bits per heavy atom. The maximum Gasteiger partial charge on any atom is 0.434 e. The number of carbonyl (C=O) groups excluding carboxylic acids is 1. The monoisotopic (exact) mass is 407 g/mol. The van der Waals surface area contributed by atoms with Crippen LogP contribution >= 0.6 is 0 Å². The van der Waals surface area contributed by atoms with Crippen LogP contribution in [0.2, 0.25) is 0 Å². The van der Waals surface area contributed by atoms with E-state index in [1.807, 2.05) is 27.7 Å². The number of aromatic nitrogens is 4. The zero-order chi connectivity index (χ0) is 21.4. The molecule has 0 saturated heterocycles. The molecule has 2 aromatic heterocycles. The van der Waals surface area contributed by atoms with Crippen molar-refractivity contribution in [2.24, 2.45) is 0 Å². The van der Waals surface area contributed by atoms with E-state index in [2.05, 4.69) is 20.6 Å². The van der Waals surface area contributed by atoms with Gasteiger partial charge in [-0.1, -0.05) is 43.6 Å². The number of halogens is 3. The second-order valence-electron chi connectivity index (χ2n) is 7.60. The Bertz CT molecular complexity index is 1010. The van der Waals surface area contributed by atoms with Crippen molar-refractivity contribution in [1.82, 2.24) is 25.2 Å². The van der Waals surface area contributed by atoms with Gasteiger partial charge in [0.2, 0.25) is 5.89 Å². The molecule has 1 amide bonds. The minimum absolute atomic E-state index is 0.169. The topological polar surface area (TPSA) is 85.8 Å². The summed E-state index contributed by atoms with van der Waals surface area (Å²) < 4.78 is 46.9. The Hall–Kier alpha value is -3.17. The van der Waals surface area contributed by atoms with Crippen molar-refractivity contribution < 1.29 is 22.5 Å². The number of hydrogen-bond donors (Lipinski definition) is 1. The fourth-order valence-electron chi connectivity index (χ4n) is 2.55. The normalized spacial score (nSPS) is 12.2. The molecule has 1 aromatic carbocycles. The average Bonchev–Trinajstić information content (AvgIpc) is 3.27. The first-order valence-corrected chi connectivity index (χ1v) is 8.80. The molecule has 0 saturated carbocycles. The van der Waals surface area contributed by atoms with Crippen LogP contribution in [0.25, 0.3) is 5.69 Å². The van der Waals surface area contributed by atoms with E-state index in [9.17, 15) is 18.0 Å². The van der Waals surface area contributed by atoms with Crippen molar-refractivity contribution in [2.75, 3.05) is 0 Å². The number of carbonyl (C=O) groups is 1. The molecule has 29 heavy (non-hydrogen) atoms. The Kier molecular flexibility index (Phi) is 5.20. The molecule has 2 heterocycles. The molecule has 0 aliphatic rings. The second kappa shape index (κ2) is 7.34. The largest absolute Gasteiger partial charge is 0.434 e. The van der Waals surface area contributed by atoms with Gasteiger partial charge < -0.3 is 9.84 Å². The molecule has 3 aromatic rings. The number of alkyl halides is 3. The molecule has 7 nitrogen and oxygen atoms in total. The Morgan fingerprint density at radius 3 is 2.38 bits per heavy atom. The molecule has 154 valence electrons. The van der Waals surface area contributed by atoms with E-state index in [1.165, 1.54) is 12.1 Å². The summed E-state index contributed by atoms with van der Waals surface area (Å²) >= 11 is 0. The van der Waals surface area contributed by atoms with Crippen LogP contribution in [0.3, 0.4) is 0 Å². The molecule has 0 atom stereocenters. The van der Waals surface area contributed by atoms with E-state index in [1.54, 1.807) is 12.1 Å². The lowest BCUT2D eigenvalue weighted by atomic mass is 9.97. The summed E-state index contributed by atoms with van der Waals surface area (Å²) in [6.45, 7) is 7.26. The Labute approximate surface area is 164 Å². The van der Waals surface area contributed by atoms with E-state index in [4.69, 9.17) is 4.52 Å². The zero-order valence-electron chi connectivity index (χ0n) is 16.3. The quantitative estimate of drug-likeness (QED) is 0.711. The summed E-state index contributed by atoms with van der Waals surface area (Å²) in [5.74, 6) is -0.398. The molecule has 0 fully saturated rings. The molecule has 0 spiro atoms. The molecule has 0 aliphatic carbocycles. The number of benzene rings is 1. The third-order valence-electron chi connectivity index (χ3n) is 4.08. The summed E-state index contributed by atoms with van der Waals surface area (Å²) in [5.41, 5.74) is -1.02. The zero-order valence-corrected chi connectivity index (χ0v) is 16.3. The van der Waals surface area contributed by atoms with Gasteiger partial charge in [-0.05, 0) is 19.1 Å². The highest BCUT2D eigenvalue weighted by atomic mass is 19.4. The Balaban J connectivity index is 1.85. The van der Waals surface area contributed by atoms with Crippen LogP contribution in [-0.2, 0) is 18.1 Å². The van der Waals surface area contributed by atoms with Crippen molar-refractivity contribution in [3.8, 4) is 5.69 Å². The predicted octanol–water partition coefficient (Wildman–Crippen LogP) is 3.81. The first-order chi connectivity index (χ1) is 13.5. The first-order valence-electron chi connectivity index (χ1n) is 8.80. The minimum atomic E-state index is -4.78. The molecule has 0 aliphatic heterocycles. The van der Waals surface area contributed by atoms with Gasteiger partial charge in [0.05, 0.1) is 24.0 Å². The van der Waals surface area contributed by atoms with Crippen molar-refractivity contribution in [2.45, 2.75) is 45.8 Å². The number of nitrogens with zero attached hydrogens (tertiary/aromatic N) is 4. The second-order valence-corrected chi connectivity index (χ2v) is 7.60. The lowest BCUT2D eigenvalue weighted by Crippen LogP contribution is -2.26. The third-order valence-corrected chi connectivity index (χ3v) is 4.08. The van der Waals surface area contributed by atoms with Gasteiger partial charge in [-0.2, -0.15) is 23.3 Å². The first kappa shape index (κ1) is 20.6. The van der Waals surface area contributed by atoms with E-state index >= 15 is 0 Å². The Morgan fingerprint density at radius 2 is 1.83 bits per heavy atom. The van der Waals surface area contributed by atoms with Gasteiger partial charge in [0.15, 0.2) is 11.5 Å². The van der Waals surface area contributed by atoms with Gasteiger partial charge in [-0.15, -0.1) is 0 Å². The molecular formula is C19H20F3N5O2. The van der Waals surface area contributed by atoms with E-state index < -0.39 is 23.3 Å². The van der Waals surface area contributed by atoms with E-state index in [0.717, 1.165) is 11.8 Å². The molecule has 10 heteroatoms. The SMILES string of the molecule is Cc1ccc(-n2ncc(C(=O)NCc3noc(C(C)(C)C)n3)c2C(F)(F)F)cc1. The van der Waals surface area contributed by atoms with Crippen molar-refractivity contribution in [3.05, 3.63) is 59.0 Å². The average molecular weight is 407 g/mol. The number of rotatable bonds is 4. The maximum atomic E-state index is 13.7. The fourth-order valence-corrected chi connectivity index (χ4v) is 2.55. The summed E-state index contributed by atoms with van der Waals surface area (Å²) in [5, 5.41) is 9.91. The predicted molar refractivity (Wildman–Crippen MR) is 97.5 cm³/mol. The van der Waals surface area contributed by atoms with Gasteiger partial charge in [0.1, 0.15) is 0 Å². The van der Waals surface area contributed by atoms with Gasteiger partial charge in [0.25, 0.3) is 5.91 Å². The standard InChI is InChI=1S/C19H20F3N5O2/c1-11-5-7-12(8-6-11)27-15(19(20,21)22)13(9-24-27)16(28)23-10-14-25-17(29-26-14)18(2,3)4/h5-9H,10H2,1-4H3,(H,23,28). The molecule has 0 bridgehead atoms. The number of nitrogens with one attached hydrogen (secondary N) is 1. The van der Waals surface area contributed by atoms with Crippen LogP contribution < -0.4 is 5.32 Å². The molecule has 0 unspecified atom stereocenters. The number of aryl methyl sites for hydroxylation is 1. The van der Waals surface area contributed by atoms with Crippen LogP contribution in [0.15, 0.2) is 35.0 Å². The van der Waals surface area contributed by atoms with Gasteiger partial charge in [-0.25, -0.2) is 4.68 Å². The van der Waals surface area contributed by atoms with E-state index in [-0.39, 0.29) is 23.5 Å². The van der Waals surface area contributed by atoms with Crippen LogP contribution in [0, 0.1) is 6.92 Å². The third kappa shape index (κ3) is 4.47. The van der Waals surface area contributed by atoms with Crippen molar-refractivity contribution >= 4 is 5.91 Å². The molecule has 0 radical (unpaired) electrons. The van der Waals surface area contributed by atoms with Crippen molar-refractivity contribution in [3.63, 3.8) is 0 Å². The number of hydrogen-bond acceptors (Lipinski definition) is 5. The van der Waals surface area contributed by atoms with E-state index in [0.29, 0.717) is 10.6 Å². The highest BCUT2D eigenvalue weighted by molar-refractivity contribution is 5.95. The van der Waals surface area contributed by atoms with Crippen LogP contribution in [0.5, 0.6) is 0 Å². The summed E-state index contributed by atoms with van der Waals surface area (Å²) in [7, 11) is 0. The lowest BCUT2D eigenvalue weighted by Gasteiger charge is -2.13. The number of amides is 1. The smallest absolute Gasteiger partial charge is 0.344 e. The van der Waals surface area contributed by atoms with Gasteiger partial charge in [-0.3, -0.25) is 4.79 Å². The van der Waals surface area contributed by atoms with Gasteiger partial charge in [0, 0.05) is 5.41 Å². The molecular weight excluding hydrogens is 387 g/mol. The summed E-state index contributed by atoms with van der Waals surface area (Å²) in [6, 6.07) is 6.35. The van der Waals surface area contributed by atoms with Gasteiger partial charge >= 0.3 is 6.18 Å². The highest BCUT2D eigenvalue weighted by Gasteiger charge is 2.40. The summed E-state index contributed by atoms with van der Waals surface area (Å²) in [4.78, 5) is 16.6. The highest BCUT2D eigenvalue weighted by Crippen LogP contribution is 2.33. The van der Waals surface area contributed by atoms with Crippen LogP contribution in [-0.4, -0.2) is 25.8 Å². The van der Waals surface area contributed by atoms with Crippen LogP contribution in [0.4, 0.5) is 13.2 Å². The molecule has 1 N–H and O–H groups in total. The lowest BCUT2D eigenvalue weighted by molar-refractivity contribution is -0.143. The molecule has 3 rings (SSSR count). The fraction of sp³-hybridized carbons (Fsp3) is 0.368. The minimum Gasteiger partial charge on any atom is -0.344 e. The van der Waals surface area contributed by atoms with Crippen molar-refractivity contribution in [1.29, 1.82) is 0 Å². The maximum absolute atomic E-state index is 13.7. The van der Waals surface area contributed by atoms with Crippen LogP contribution in [0.1, 0.15) is 54.1 Å².